The fourth-order valence-corrected chi connectivity index (χ4v) is 5.46. The number of nitrogens with one attached hydrogen (secondary N) is 2. The molecule has 2 fully saturated rings. The number of piperidine rings is 1. The number of H-pyrrole nitrogens is 1. The van der Waals surface area contributed by atoms with Gasteiger partial charge in [0.1, 0.15) is 5.69 Å². The van der Waals surface area contributed by atoms with Crippen LogP contribution < -0.4 is 5.32 Å². The SMILES string of the molecule is CC1CNCCC12CN(C(=O)c1ccc3n[nH]c(C#Cc4ccccc4-c4ccccc4)c3c1)C2. The maximum Gasteiger partial charge on any atom is 0.253 e. The Balaban J connectivity index is 1.27. The Morgan fingerprint density at radius 3 is 2.66 bits per heavy atom. The number of likely N-dealkylation sites (tertiary alicyclic amines) is 1. The normalized spacial score (nSPS) is 18.7. The van der Waals surface area contributed by atoms with Gasteiger partial charge in [0.15, 0.2) is 0 Å². The molecule has 1 unspecified atom stereocenters. The van der Waals surface area contributed by atoms with Gasteiger partial charge in [-0.1, -0.05) is 61.4 Å². The van der Waals surface area contributed by atoms with Crippen molar-refractivity contribution in [1.82, 2.24) is 20.4 Å². The monoisotopic (exact) mass is 460 g/mol. The molecule has 2 saturated heterocycles. The molecule has 1 aromatic heterocycles. The predicted octanol–water partition coefficient (Wildman–Crippen LogP) is 4.70. The first-order valence-corrected chi connectivity index (χ1v) is 12.3. The minimum Gasteiger partial charge on any atom is -0.337 e. The largest absolute Gasteiger partial charge is 0.337 e. The summed E-state index contributed by atoms with van der Waals surface area (Å²) in [5.74, 6) is 7.28. The van der Waals surface area contributed by atoms with Crippen LogP contribution in [0.25, 0.3) is 22.0 Å². The molecular weight excluding hydrogens is 432 g/mol. The van der Waals surface area contributed by atoms with E-state index < -0.39 is 0 Å². The lowest BCUT2D eigenvalue weighted by Crippen LogP contribution is -2.64. The van der Waals surface area contributed by atoms with Gasteiger partial charge in [0.05, 0.1) is 5.52 Å². The second kappa shape index (κ2) is 8.72. The van der Waals surface area contributed by atoms with Crippen molar-refractivity contribution < 1.29 is 4.79 Å². The highest BCUT2D eigenvalue weighted by atomic mass is 16.2. The predicted molar refractivity (Wildman–Crippen MR) is 139 cm³/mol. The molecule has 1 amide bonds. The summed E-state index contributed by atoms with van der Waals surface area (Å²) in [7, 11) is 0. The third-order valence-electron chi connectivity index (χ3n) is 7.73. The van der Waals surface area contributed by atoms with E-state index in [2.05, 4.69) is 52.5 Å². The van der Waals surface area contributed by atoms with E-state index >= 15 is 0 Å². The summed E-state index contributed by atoms with van der Waals surface area (Å²) in [6.07, 6.45) is 1.14. The fourth-order valence-electron chi connectivity index (χ4n) is 5.46. The highest BCUT2D eigenvalue weighted by molar-refractivity contribution is 5.99. The van der Waals surface area contributed by atoms with Crippen molar-refractivity contribution in [3.8, 4) is 23.0 Å². The zero-order valence-corrected chi connectivity index (χ0v) is 19.8. The van der Waals surface area contributed by atoms with Gasteiger partial charge < -0.3 is 10.2 Å². The number of nitrogens with zero attached hydrogens (tertiary/aromatic N) is 2. The number of amides is 1. The van der Waals surface area contributed by atoms with Gasteiger partial charge in [-0.05, 0) is 66.7 Å². The number of rotatable bonds is 2. The Morgan fingerprint density at radius 1 is 1.03 bits per heavy atom. The molecule has 0 radical (unpaired) electrons. The van der Waals surface area contributed by atoms with Crippen molar-refractivity contribution in [3.05, 3.63) is 89.6 Å². The van der Waals surface area contributed by atoms with Gasteiger partial charge in [-0.3, -0.25) is 9.89 Å². The number of benzene rings is 3. The molecule has 1 atom stereocenters. The van der Waals surface area contributed by atoms with E-state index in [1.54, 1.807) is 0 Å². The maximum atomic E-state index is 13.3. The van der Waals surface area contributed by atoms with E-state index in [0.717, 1.165) is 65.9 Å². The van der Waals surface area contributed by atoms with Gasteiger partial charge in [0, 0.05) is 35.0 Å². The van der Waals surface area contributed by atoms with E-state index in [-0.39, 0.29) is 11.3 Å². The van der Waals surface area contributed by atoms with Crippen molar-refractivity contribution in [3.63, 3.8) is 0 Å². The Hall–Kier alpha value is -3.88. The number of fused-ring (bicyclic) bond motifs is 1. The van der Waals surface area contributed by atoms with Crippen LogP contribution in [0.5, 0.6) is 0 Å². The molecular formula is C30H28N4O. The Bertz CT molecular complexity index is 1450. The number of aromatic nitrogens is 2. The molecule has 0 saturated carbocycles. The molecule has 2 aliphatic rings. The fraction of sp³-hybridized carbons (Fsp3) is 0.267. The van der Waals surface area contributed by atoms with E-state index in [1.165, 1.54) is 0 Å². The minimum absolute atomic E-state index is 0.0952. The molecule has 0 bridgehead atoms. The topological polar surface area (TPSA) is 61.0 Å². The molecule has 4 aromatic rings. The number of aromatic amines is 1. The van der Waals surface area contributed by atoms with Crippen molar-refractivity contribution in [1.29, 1.82) is 0 Å². The summed E-state index contributed by atoms with van der Waals surface area (Å²) in [5.41, 5.74) is 5.70. The smallest absolute Gasteiger partial charge is 0.253 e. The van der Waals surface area contributed by atoms with Crippen LogP contribution >= 0.6 is 0 Å². The molecule has 5 nitrogen and oxygen atoms in total. The lowest BCUT2D eigenvalue weighted by Gasteiger charge is -2.55. The average Bonchev–Trinajstić information content (AvgIpc) is 3.29. The summed E-state index contributed by atoms with van der Waals surface area (Å²) in [6, 6.07) is 24.1. The zero-order chi connectivity index (χ0) is 23.8. The molecule has 35 heavy (non-hydrogen) atoms. The third-order valence-corrected chi connectivity index (χ3v) is 7.73. The van der Waals surface area contributed by atoms with Gasteiger partial charge in [-0.15, -0.1) is 0 Å². The van der Waals surface area contributed by atoms with Gasteiger partial charge in [0.2, 0.25) is 0 Å². The van der Waals surface area contributed by atoms with Crippen molar-refractivity contribution in [2.45, 2.75) is 13.3 Å². The van der Waals surface area contributed by atoms with Crippen LogP contribution in [0, 0.1) is 23.2 Å². The zero-order valence-electron chi connectivity index (χ0n) is 19.8. The van der Waals surface area contributed by atoms with Crippen LogP contribution in [0.2, 0.25) is 0 Å². The van der Waals surface area contributed by atoms with E-state index in [9.17, 15) is 4.79 Å². The van der Waals surface area contributed by atoms with E-state index in [4.69, 9.17) is 0 Å². The molecule has 2 N–H and O–H groups in total. The summed E-state index contributed by atoms with van der Waals surface area (Å²) in [5, 5.41) is 11.8. The highest BCUT2D eigenvalue weighted by Crippen LogP contribution is 2.43. The minimum atomic E-state index is 0.0952. The second-order valence-electron chi connectivity index (χ2n) is 9.87. The van der Waals surface area contributed by atoms with Crippen LogP contribution in [0.3, 0.4) is 0 Å². The van der Waals surface area contributed by atoms with Gasteiger partial charge in [-0.2, -0.15) is 5.10 Å². The van der Waals surface area contributed by atoms with E-state index in [0.29, 0.717) is 11.5 Å². The Labute approximate surface area is 205 Å². The lowest BCUT2D eigenvalue weighted by atomic mass is 9.66. The van der Waals surface area contributed by atoms with Crippen molar-refractivity contribution >= 4 is 16.8 Å². The first-order chi connectivity index (χ1) is 17.1. The molecule has 6 rings (SSSR count). The second-order valence-corrected chi connectivity index (χ2v) is 9.87. The molecule has 0 aliphatic carbocycles. The molecule has 174 valence electrons. The number of carbonyl (C=O) groups is 1. The van der Waals surface area contributed by atoms with Crippen LogP contribution in [-0.4, -0.2) is 47.2 Å². The van der Waals surface area contributed by atoms with Crippen molar-refractivity contribution in [2.75, 3.05) is 26.2 Å². The first kappa shape index (κ1) is 21.6. The standard InChI is InChI=1S/C30H28N4O/c1-21-18-31-16-15-30(21)19-34(20-30)29(35)24-12-14-28-26(17-24)27(32-33-28)13-11-23-9-5-6-10-25(23)22-7-3-2-4-8-22/h2-10,12,14,17,21,31H,15-16,18-20H2,1H3,(H,32,33). The summed E-state index contributed by atoms with van der Waals surface area (Å²) < 4.78 is 0. The number of carbonyl (C=O) groups excluding carboxylic acids is 1. The highest BCUT2D eigenvalue weighted by Gasteiger charge is 2.49. The number of hydrogen-bond acceptors (Lipinski definition) is 3. The molecule has 2 aliphatic heterocycles. The number of hydrogen-bond donors (Lipinski definition) is 2. The van der Waals surface area contributed by atoms with Crippen molar-refractivity contribution in [2.24, 2.45) is 11.3 Å². The quantitative estimate of drug-likeness (QED) is 0.426. The van der Waals surface area contributed by atoms with Crippen LogP contribution in [0.1, 0.15) is 35.0 Å². The van der Waals surface area contributed by atoms with E-state index in [1.807, 2.05) is 59.5 Å². The summed E-state index contributed by atoms with van der Waals surface area (Å²) in [6.45, 7) is 6.08. The molecule has 3 heterocycles. The first-order valence-electron chi connectivity index (χ1n) is 12.3. The lowest BCUT2D eigenvalue weighted by molar-refractivity contribution is -0.0427. The van der Waals surface area contributed by atoms with Crippen LogP contribution in [0.15, 0.2) is 72.8 Å². The molecule has 5 heteroatoms. The summed E-state index contributed by atoms with van der Waals surface area (Å²) >= 11 is 0. The Morgan fingerprint density at radius 2 is 1.83 bits per heavy atom. The van der Waals surface area contributed by atoms with Crippen LogP contribution in [-0.2, 0) is 0 Å². The summed E-state index contributed by atoms with van der Waals surface area (Å²) in [4.78, 5) is 15.3. The van der Waals surface area contributed by atoms with Gasteiger partial charge in [0.25, 0.3) is 5.91 Å². The van der Waals surface area contributed by atoms with Crippen LogP contribution in [0.4, 0.5) is 0 Å². The van der Waals surface area contributed by atoms with Gasteiger partial charge >= 0.3 is 0 Å². The molecule has 1 spiro atoms. The Kier molecular flexibility index (Phi) is 5.39. The average molecular weight is 461 g/mol. The maximum absolute atomic E-state index is 13.3. The molecule has 3 aromatic carbocycles. The van der Waals surface area contributed by atoms with Gasteiger partial charge in [-0.25, -0.2) is 0 Å². The third kappa shape index (κ3) is 3.90.